The Morgan fingerprint density at radius 1 is 1.10 bits per heavy atom. The van der Waals surface area contributed by atoms with Crippen LogP contribution in [-0.2, 0) is 11.2 Å². The lowest BCUT2D eigenvalue weighted by Crippen LogP contribution is -2.40. The third-order valence-corrected chi connectivity index (χ3v) is 4.86. The van der Waals surface area contributed by atoms with Gasteiger partial charge in [-0.3, -0.25) is 4.79 Å². The zero-order valence-corrected chi connectivity index (χ0v) is 20.2. The molecule has 29 heavy (non-hydrogen) atoms. The first-order valence-corrected chi connectivity index (χ1v) is 10.1. The molecule has 0 saturated carbocycles. The van der Waals surface area contributed by atoms with Crippen LogP contribution in [0.5, 0.6) is 5.75 Å². The number of halogens is 1. The van der Waals surface area contributed by atoms with Crippen LogP contribution >= 0.6 is 24.0 Å². The highest BCUT2D eigenvalue weighted by molar-refractivity contribution is 14.0. The fraction of sp³-hybridized carbons (Fsp3) is 0.545. The molecule has 1 aliphatic rings. The molecular formula is C22H35IN4O2. The van der Waals surface area contributed by atoms with Crippen molar-refractivity contribution in [3.63, 3.8) is 0 Å². The van der Waals surface area contributed by atoms with Crippen molar-refractivity contribution in [1.82, 2.24) is 15.5 Å². The summed E-state index contributed by atoms with van der Waals surface area (Å²) >= 11 is 0. The Hall–Kier alpha value is -1.77. The SMILES string of the molecule is COc1ccc(CCNC(=NCC(=O)N(C)C)NCCC2=CCCCC2)cc1.I. The van der Waals surface area contributed by atoms with Gasteiger partial charge in [-0.1, -0.05) is 23.8 Å². The second-order valence-corrected chi connectivity index (χ2v) is 7.26. The molecule has 0 spiro atoms. The molecule has 0 bridgehead atoms. The van der Waals surface area contributed by atoms with Crippen LogP contribution in [0.2, 0.25) is 0 Å². The minimum absolute atomic E-state index is 0. The third-order valence-electron chi connectivity index (χ3n) is 4.86. The van der Waals surface area contributed by atoms with Gasteiger partial charge in [0.25, 0.3) is 0 Å². The summed E-state index contributed by atoms with van der Waals surface area (Å²) in [5.74, 6) is 1.55. The molecular weight excluding hydrogens is 479 g/mol. The van der Waals surface area contributed by atoms with E-state index in [9.17, 15) is 4.79 Å². The molecule has 0 fully saturated rings. The van der Waals surface area contributed by atoms with E-state index in [1.165, 1.54) is 36.8 Å². The van der Waals surface area contributed by atoms with Crippen LogP contribution in [0.25, 0.3) is 0 Å². The zero-order valence-electron chi connectivity index (χ0n) is 17.9. The molecule has 2 rings (SSSR count). The van der Waals surface area contributed by atoms with E-state index in [4.69, 9.17) is 4.74 Å². The number of carbonyl (C=O) groups is 1. The van der Waals surface area contributed by atoms with Crippen molar-refractivity contribution in [1.29, 1.82) is 0 Å². The molecule has 0 atom stereocenters. The first kappa shape index (κ1) is 25.3. The second kappa shape index (κ2) is 14.3. The molecule has 1 amide bonds. The monoisotopic (exact) mass is 514 g/mol. The van der Waals surface area contributed by atoms with Gasteiger partial charge in [0.05, 0.1) is 7.11 Å². The van der Waals surface area contributed by atoms with Gasteiger partial charge in [-0.05, 0) is 56.2 Å². The fourth-order valence-electron chi connectivity index (χ4n) is 3.05. The molecule has 0 saturated heterocycles. The number of amides is 1. The molecule has 0 heterocycles. The van der Waals surface area contributed by atoms with E-state index >= 15 is 0 Å². The van der Waals surface area contributed by atoms with E-state index in [1.807, 2.05) is 12.1 Å². The van der Waals surface area contributed by atoms with Crippen molar-refractivity contribution >= 4 is 35.8 Å². The normalized spacial score (nSPS) is 13.8. The number of hydrogen-bond acceptors (Lipinski definition) is 3. The number of aliphatic imine (C=N–C) groups is 1. The quantitative estimate of drug-likeness (QED) is 0.230. The standard InChI is InChI=1S/C22H34N4O2.HI/c1-26(2)21(27)17-25-22(23-15-13-18-7-5-4-6-8-18)24-16-14-19-9-11-20(28-3)12-10-19;/h7,9-12H,4-6,8,13-17H2,1-3H3,(H2,23,24,25);1H. The van der Waals surface area contributed by atoms with Crippen LogP contribution in [0, 0.1) is 0 Å². The number of nitrogens with zero attached hydrogens (tertiary/aromatic N) is 2. The van der Waals surface area contributed by atoms with E-state index in [1.54, 1.807) is 26.1 Å². The minimum atomic E-state index is -0.00811. The average Bonchev–Trinajstić information content (AvgIpc) is 2.72. The summed E-state index contributed by atoms with van der Waals surface area (Å²) in [6.07, 6.45) is 9.28. The summed E-state index contributed by atoms with van der Waals surface area (Å²) in [6, 6.07) is 8.07. The summed E-state index contributed by atoms with van der Waals surface area (Å²) in [5.41, 5.74) is 2.75. The Labute approximate surface area is 192 Å². The first-order valence-electron chi connectivity index (χ1n) is 10.1. The summed E-state index contributed by atoms with van der Waals surface area (Å²) in [4.78, 5) is 17.9. The highest BCUT2D eigenvalue weighted by Gasteiger charge is 2.07. The van der Waals surface area contributed by atoms with Gasteiger partial charge in [-0.15, -0.1) is 24.0 Å². The number of nitrogens with one attached hydrogen (secondary N) is 2. The number of carbonyl (C=O) groups excluding carboxylic acids is 1. The third kappa shape index (κ3) is 10.0. The highest BCUT2D eigenvalue weighted by Crippen LogP contribution is 2.19. The predicted molar refractivity (Wildman–Crippen MR) is 130 cm³/mol. The molecule has 6 nitrogen and oxygen atoms in total. The van der Waals surface area contributed by atoms with E-state index in [0.717, 1.165) is 31.7 Å². The maximum atomic E-state index is 11.9. The van der Waals surface area contributed by atoms with Crippen LogP contribution in [0.3, 0.4) is 0 Å². The molecule has 0 unspecified atom stereocenters. The Morgan fingerprint density at radius 2 is 1.79 bits per heavy atom. The fourth-order valence-corrected chi connectivity index (χ4v) is 3.05. The Morgan fingerprint density at radius 3 is 2.38 bits per heavy atom. The number of benzene rings is 1. The van der Waals surface area contributed by atoms with Gasteiger partial charge in [0.15, 0.2) is 5.96 Å². The number of ether oxygens (including phenoxy) is 1. The molecule has 2 N–H and O–H groups in total. The molecule has 162 valence electrons. The molecule has 1 aromatic carbocycles. The average molecular weight is 514 g/mol. The van der Waals surface area contributed by atoms with Crippen molar-refractivity contribution in [3.8, 4) is 5.75 Å². The number of likely N-dealkylation sites (N-methyl/N-ethyl adjacent to an activating group) is 1. The topological polar surface area (TPSA) is 66.0 Å². The van der Waals surface area contributed by atoms with Gasteiger partial charge in [-0.25, -0.2) is 4.99 Å². The summed E-state index contributed by atoms with van der Waals surface area (Å²) in [7, 11) is 5.17. The molecule has 0 aromatic heterocycles. The molecule has 0 radical (unpaired) electrons. The van der Waals surface area contributed by atoms with E-state index < -0.39 is 0 Å². The Kier molecular flexibility index (Phi) is 12.4. The van der Waals surface area contributed by atoms with Gasteiger partial charge >= 0.3 is 0 Å². The lowest BCUT2D eigenvalue weighted by atomic mass is 9.97. The van der Waals surface area contributed by atoms with Crippen LogP contribution < -0.4 is 15.4 Å². The Bertz CT molecular complexity index is 672. The maximum absolute atomic E-state index is 11.9. The largest absolute Gasteiger partial charge is 0.497 e. The van der Waals surface area contributed by atoms with Crippen molar-refractivity contribution in [2.75, 3.05) is 40.8 Å². The lowest BCUT2D eigenvalue weighted by Gasteiger charge is -2.16. The minimum Gasteiger partial charge on any atom is -0.497 e. The smallest absolute Gasteiger partial charge is 0.243 e. The van der Waals surface area contributed by atoms with Gasteiger partial charge in [0, 0.05) is 27.2 Å². The predicted octanol–water partition coefficient (Wildman–Crippen LogP) is 3.37. The van der Waals surface area contributed by atoms with Crippen LogP contribution in [0.1, 0.15) is 37.7 Å². The van der Waals surface area contributed by atoms with Crippen LogP contribution in [0.15, 0.2) is 40.9 Å². The van der Waals surface area contributed by atoms with Gasteiger partial charge in [0.2, 0.25) is 5.91 Å². The van der Waals surface area contributed by atoms with Crippen LogP contribution in [-0.4, -0.2) is 57.6 Å². The Balaban J connectivity index is 0.00000420. The zero-order chi connectivity index (χ0) is 20.2. The first-order chi connectivity index (χ1) is 13.6. The van der Waals surface area contributed by atoms with E-state index in [2.05, 4.69) is 33.8 Å². The molecule has 7 heteroatoms. The number of allylic oxidation sites excluding steroid dienone is 1. The summed E-state index contributed by atoms with van der Waals surface area (Å²) in [6.45, 7) is 1.72. The molecule has 1 aromatic rings. The highest BCUT2D eigenvalue weighted by atomic mass is 127. The lowest BCUT2D eigenvalue weighted by molar-refractivity contribution is -0.127. The second-order valence-electron chi connectivity index (χ2n) is 7.26. The van der Waals surface area contributed by atoms with Crippen molar-refractivity contribution in [2.24, 2.45) is 4.99 Å². The maximum Gasteiger partial charge on any atom is 0.243 e. The van der Waals surface area contributed by atoms with Gasteiger partial charge < -0.3 is 20.3 Å². The van der Waals surface area contributed by atoms with E-state index in [0.29, 0.717) is 5.96 Å². The number of hydrogen-bond donors (Lipinski definition) is 2. The molecule has 0 aliphatic heterocycles. The van der Waals surface area contributed by atoms with Crippen LogP contribution in [0.4, 0.5) is 0 Å². The summed E-state index contributed by atoms with van der Waals surface area (Å²) in [5, 5.41) is 6.72. The number of rotatable bonds is 9. The van der Waals surface area contributed by atoms with Crippen molar-refractivity contribution in [3.05, 3.63) is 41.5 Å². The number of guanidine groups is 1. The van der Waals surface area contributed by atoms with Crippen molar-refractivity contribution in [2.45, 2.75) is 38.5 Å². The van der Waals surface area contributed by atoms with Gasteiger partial charge in [-0.2, -0.15) is 0 Å². The summed E-state index contributed by atoms with van der Waals surface area (Å²) < 4.78 is 5.19. The van der Waals surface area contributed by atoms with Crippen molar-refractivity contribution < 1.29 is 9.53 Å². The van der Waals surface area contributed by atoms with Gasteiger partial charge in [0.1, 0.15) is 12.3 Å². The molecule has 1 aliphatic carbocycles. The van der Waals surface area contributed by atoms with E-state index in [-0.39, 0.29) is 36.4 Å². The number of methoxy groups -OCH3 is 1.